The molecule has 5 heteroatoms. The molecule has 0 aromatic heterocycles. The van der Waals surface area contributed by atoms with E-state index in [-0.39, 0.29) is 12.5 Å². The lowest BCUT2D eigenvalue weighted by Crippen LogP contribution is -2.21. The van der Waals surface area contributed by atoms with Crippen LogP contribution in [0.1, 0.15) is 65.2 Å². The molecule has 0 heterocycles. The zero-order chi connectivity index (χ0) is 22.2. The highest BCUT2D eigenvalue weighted by atomic mass is 16.5. The summed E-state index contributed by atoms with van der Waals surface area (Å²) < 4.78 is 11.5. The lowest BCUT2D eigenvalue weighted by molar-refractivity contribution is -0.114. The normalized spacial score (nSPS) is 10.5. The molecular formula is C26H38N2O3. The Morgan fingerprint density at radius 2 is 1.16 bits per heavy atom. The number of nitrogens with one attached hydrogen (secondary N) is 2. The fourth-order valence-electron chi connectivity index (χ4n) is 3.13. The van der Waals surface area contributed by atoms with E-state index in [1.54, 1.807) is 0 Å². The first kappa shape index (κ1) is 24.6. The summed E-state index contributed by atoms with van der Waals surface area (Å²) >= 11 is 0. The Hall–Kier alpha value is -2.69. The van der Waals surface area contributed by atoms with Crippen LogP contribution in [0.2, 0.25) is 0 Å². The fourth-order valence-corrected chi connectivity index (χ4v) is 3.13. The van der Waals surface area contributed by atoms with Crippen LogP contribution < -0.4 is 20.1 Å². The SMILES string of the molecule is CCCCCCOc1ccc(NCC(=O)Nc2ccc(OCCCCCC)cc2)cc1. The Bertz CT molecular complexity index is 729. The Morgan fingerprint density at radius 1 is 0.677 bits per heavy atom. The van der Waals surface area contributed by atoms with Crippen LogP contribution >= 0.6 is 0 Å². The molecule has 0 spiro atoms. The molecule has 0 aliphatic carbocycles. The van der Waals surface area contributed by atoms with Gasteiger partial charge < -0.3 is 20.1 Å². The van der Waals surface area contributed by atoms with Crippen molar-refractivity contribution >= 4 is 17.3 Å². The number of carbonyl (C=O) groups excluding carboxylic acids is 1. The number of benzene rings is 2. The average Bonchev–Trinajstić information content (AvgIpc) is 2.79. The topological polar surface area (TPSA) is 59.6 Å². The maximum atomic E-state index is 12.2. The quantitative estimate of drug-likeness (QED) is 0.295. The van der Waals surface area contributed by atoms with Crippen molar-refractivity contribution in [3.63, 3.8) is 0 Å². The molecule has 2 rings (SSSR count). The van der Waals surface area contributed by atoms with Gasteiger partial charge in [0, 0.05) is 11.4 Å². The molecule has 0 saturated carbocycles. The first-order chi connectivity index (χ1) is 15.2. The Labute approximate surface area is 187 Å². The van der Waals surface area contributed by atoms with Crippen LogP contribution in [0.3, 0.4) is 0 Å². The highest BCUT2D eigenvalue weighted by Crippen LogP contribution is 2.18. The molecule has 0 aliphatic heterocycles. The molecule has 170 valence electrons. The average molecular weight is 427 g/mol. The molecule has 0 fully saturated rings. The third-order valence-electron chi connectivity index (χ3n) is 4.98. The molecule has 31 heavy (non-hydrogen) atoms. The van der Waals surface area contributed by atoms with Crippen LogP contribution in [0.25, 0.3) is 0 Å². The maximum absolute atomic E-state index is 12.2. The molecule has 5 nitrogen and oxygen atoms in total. The highest BCUT2D eigenvalue weighted by Gasteiger charge is 2.04. The Morgan fingerprint density at radius 3 is 1.65 bits per heavy atom. The second-order valence-corrected chi connectivity index (χ2v) is 7.77. The van der Waals surface area contributed by atoms with Gasteiger partial charge >= 0.3 is 0 Å². The van der Waals surface area contributed by atoms with Crippen molar-refractivity contribution in [1.29, 1.82) is 0 Å². The minimum Gasteiger partial charge on any atom is -0.494 e. The minimum absolute atomic E-state index is 0.0931. The number of rotatable bonds is 16. The molecule has 0 saturated heterocycles. The van der Waals surface area contributed by atoms with Gasteiger partial charge in [-0.3, -0.25) is 4.79 Å². The van der Waals surface area contributed by atoms with Crippen molar-refractivity contribution in [3.05, 3.63) is 48.5 Å². The van der Waals surface area contributed by atoms with Crippen molar-refractivity contribution in [2.24, 2.45) is 0 Å². The molecule has 0 radical (unpaired) electrons. The number of hydrogen-bond donors (Lipinski definition) is 2. The lowest BCUT2D eigenvalue weighted by atomic mass is 10.2. The fraction of sp³-hybridized carbons (Fsp3) is 0.500. The van der Waals surface area contributed by atoms with E-state index in [0.717, 1.165) is 48.9 Å². The highest BCUT2D eigenvalue weighted by molar-refractivity contribution is 5.93. The molecule has 2 aromatic rings. The molecule has 0 aliphatic rings. The predicted octanol–water partition coefficient (Wildman–Crippen LogP) is 6.66. The van der Waals surface area contributed by atoms with Gasteiger partial charge in [0.2, 0.25) is 5.91 Å². The number of unbranched alkanes of at least 4 members (excludes halogenated alkanes) is 6. The van der Waals surface area contributed by atoms with Gasteiger partial charge in [-0.25, -0.2) is 0 Å². The van der Waals surface area contributed by atoms with Gasteiger partial charge in [-0.05, 0) is 61.4 Å². The summed E-state index contributed by atoms with van der Waals surface area (Å²) in [5, 5.41) is 6.04. The monoisotopic (exact) mass is 426 g/mol. The Kier molecular flexibility index (Phi) is 12.0. The number of amides is 1. The van der Waals surface area contributed by atoms with Crippen LogP contribution in [0.15, 0.2) is 48.5 Å². The molecule has 2 aromatic carbocycles. The first-order valence-corrected chi connectivity index (χ1v) is 11.7. The van der Waals surface area contributed by atoms with Gasteiger partial charge in [-0.1, -0.05) is 52.4 Å². The van der Waals surface area contributed by atoms with Crippen molar-refractivity contribution < 1.29 is 14.3 Å². The van der Waals surface area contributed by atoms with Gasteiger partial charge in [0.1, 0.15) is 11.5 Å². The van der Waals surface area contributed by atoms with E-state index in [9.17, 15) is 4.79 Å². The summed E-state index contributed by atoms with van der Waals surface area (Å²) in [6.45, 7) is 6.09. The number of anilines is 2. The summed E-state index contributed by atoms with van der Waals surface area (Å²) in [5.74, 6) is 1.60. The van der Waals surface area contributed by atoms with Gasteiger partial charge in [0.25, 0.3) is 0 Å². The lowest BCUT2D eigenvalue weighted by Gasteiger charge is -2.10. The van der Waals surface area contributed by atoms with Gasteiger partial charge in [0.05, 0.1) is 19.8 Å². The van der Waals surface area contributed by atoms with Crippen molar-refractivity contribution in [3.8, 4) is 11.5 Å². The molecule has 0 atom stereocenters. The van der Waals surface area contributed by atoms with Crippen molar-refractivity contribution in [2.45, 2.75) is 65.2 Å². The largest absolute Gasteiger partial charge is 0.494 e. The molecule has 2 N–H and O–H groups in total. The first-order valence-electron chi connectivity index (χ1n) is 11.7. The summed E-state index contributed by atoms with van der Waals surface area (Å²) in [6, 6.07) is 15.2. The van der Waals surface area contributed by atoms with E-state index in [2.05, 4.69) is 24.5 Å². The van der Waals surface area contributed by atoms with Crippen LogP contribution in [0.4, 0.5) is 11.4 Å². The van der Waals surface area contributed by atoms with E-state index in [4.69, 9.17) is 9.47 Å². The Balaban J connectivity index is 1.64. The predicted molar refractivity (Wildman–Crippen MR) is 129 cm³/mol. The second-order valence-electron chi connectivity index (χ2n) is 7.77. The molecule has 0 bridgehead atoms. The molecule has 1 amide bonds. The number of carbonyl (C=O) groups is 1. The smallest absolute Gasteiger partial charge is 0.243 e. The standard InChI is InChI=1S/C26H38N2O3/c1-3-5-7-9-19-30-24-15-11-22(12-16-24)27-21-26(29)28-23-13-17-25(18-14-23)31-20-10-8-6-4-2/h11-18,27H,3-10,19-21H2,1-2H3,(H,28,29). The second kappa shape index (κ2) is 15.2. The summed E-state index contributed by atoms with van der Waals surface area (Å²) in [7, 11) is 0. The summed E-state index contributed by atoms with van der Waals surface area (Å²) in [5.41, 5.74) is 1.65. The zero-order valence-electron chi connectivity index (χ0n) is 19.1. The van der Waals surface area contributed by atoms with Crippen LogP contribution in [-0.2, 0) is 4.79 Å². The van der Waals surface area contributed by atoms with Gasteiger partial charge in [0.15, 0.2) is 0 Å². The summed E-state index contributed by atoms with van der Waals surface area (Å²) in [4.78, 5) is 12.2. The van der Waals surface area contributed by atoms with Crippen LogP contribution in [0, 0.1) is 0 Å². The van der Waals surface area contributed by atoms with Gasteiger partial charge in [-0.15, -0.1) is 0 Å². The zero-order valence-corrected chi connectivity index (χ0v) is 19.1. The van der Waals surface area contributed by atoms with E-state index in [1.807, 2.05) is 48.5 Å². The van der Waals surface area contributed by atoms with Crippen molar-refractivity contribution in [1.82, 2.24) is 0 Å². The van der Waals surface area contributed by atoms with Crippen LogP contribution in [0.5, 0.6) is 11.5 Å². The van der Waals surface area contributed by atoms with E-state index >= 15 is 0 Å². The third-order valence-corrected chi connectivity index (χ3v) is 4.98. The minimum atomic E-state index is -0.0931. The molecule has 0 unspecified atom stereocenters. The van der Waals surface area contributed by atoms with Crippen molar-refractivity contribution in [2.75, 3.05) is 30.4 Å². The maximum Gasteiger partial charge on any atom is 0.243 e. The summed E-state index contributed by atoms with van der Waals surface area (Å²) in [6.07, 6.45) is 9.52. The molecular weight excluding hydrogens is 388 g/mol. The van der Waals surface area contributed by atoms with Gasteiger partial charge in [-0.2, -0.15) is 0 Å². The van der Waals surface area contributed by atoms with E-state index < -0.39 is 0 Å². The van der Waals surface area contributed by atoms with E-state index in [1.165, 1.54) is 38.5 Å². The third kappa shape index (κ3) is 10.8. The number of hydrogen-bond acceptors (Lipinski definition) is 4. The number of ether oxygens (including phenoxy) is 2. The van der Waals surface area contributed by atoms with E-state index in [0.29, 0.717) is 0 Å². The van der Waals surface area contributed by atoms with Crippen LogP contribution in [-0.4, -0.2) is 25.7 Å².